The lowest BCUT2D eigenvalue weighted by Gasteiger charge is -2.15. The zero-order chi connectivity index (χ0) is 9.14. The highest BCUT2D eigenvalue weighted by Crippen LogP contribution is 2.18. The number of Topliss-reactive ketones (excluding diaryl/α,β-unsaturated/α-hetero) is 1. The minimum atomic E-state index is -0.113. The fourth-order valence-electron chi connectivity index (χ4n) is 1.16. The Morgan fingerprint density at radius 2 is 2.42 bits per heavy atom. The second kappa shape index (κ2) is 3.54. The fourth-order valence-corrected chi connectivity index (χ4v) is 1.16. The molecule has 0 aromatic heterocycles. The number of carbonyl (C=O) groups is 1. The van der Waals surface area contributed by atoms with E-state index in [1.807, 2.05) is 0 Å². The van der Waals surface area contributed by atoms with Crippen LogP contribution in [0.2, 0.25) is 0 Å². The summed E-state index contributed by atoms with van der Waals surface area (Å²) in [6, 6.07) is 0. The molecule has 0 aromatic rings. The summed E-state index contributed by atoms with van der Waals surface area (Å²) in [7, 11) is 1.57. The van der Waals surface area contributed by atoms with Crippen LogP contribution in [0.3, 0.4) is 0 Å². The van der Waals surface area contributed by atoms with Crippen molar-refractivity contribution in [1.29, 1.82) is 0 Å². The first-order chi connectivity index (χ1) is 5.65. The topological polar surface area (TPSA) is 46.5 Å². The zero-order valence-corrected chi connectivity index (χ0v) is 7.20. The van der Waals surface area contributed by atoms with Crippen LogP contribution >= 0.6 is 0 Å². The Labute approximate surface area is 71.3 Å². The molecule has 0 aliphatic heterocycles. The number of ether oxygens (including phenoxy) is 1. The quantitative estimate of drug-likeness (QED) is 0.677. The van der Waals surface area contributed by atoms with Gasteiger partial charge in [0.2, 0.25) is 0 Å². The van der Waals surface area contributed by atoms with Gasteiger partial charge in [-0.3, -0.25) is 4.79 Å². The van der Waals surface area contributed by atoms with Crippen LogP contribution in [0.25, 0.3) is 0 Å². The highest BCUT2D eigenvalue weighted by atomic mass is 16.5. The molecule has 0 radical (unpaired) electrons. The summed E-state index contributed by atoms with van der Waals surface area (Å²) < 4.78 is 5.00. The Bertz CT molecular complexity index is 250. The summed E-state index contributed by atoms with van der Waals surface area (Å²) in [4.78, 5) is 10.9. The number of allylic oxidation sites excluding steroid dienone is 1. The summed E-state index contributed by atoms with van der Waals surface area (Å²) >= 11 is 0. The van der Waals surface area contributed by atoms with E-state index >= 15 is 0 Å². The molecule has 1 aliphatic rings. The molecule has 1 atom stereocenters. The van der Waals surface area contributed by atoms with Crippen LogP contribution < -0.4 is 0 Å². The number of aliphatic hydroxyl groups excluding tert-OH is 1. The van der Waals surface area contributed by atoms with Crippen molar-refractivity contribution in [1.82, 2.24) is 0 Å². The molecule has 12 heavy (non-hydrogen) atoms. The third kappa shape index (κ3) is 1.74. The molecule has 1 aliphatic carbocycles. The monoisotopic (exact) mass is 168 g/mol. The van der Waals surface area contributed by atoms with E-state index < -0.39 is 0 Å². The van der Waals surface area contributed by atoms with Crippen LogP contribution in [-0.4, -0.2) is 24.1 Å². The maximum Gasteiger partial charge on any atom is 0.163 e. The number of hydrogen-bond acceptors (Lipinski definition) is 3. The predicted molar refractivity (Wildman–Crippen MR) is 44.9 cm³/mol. The van der Waals surface area contributed by atoms with Gasteiger partial charge in [0.1, 0.15) is 5.76 Å². The predicted octanol–water partition coefficient (Wildman–Crippen LogP) is 1.36. The minimum absolute atomic E-state index is 0.0283. The van der Waals surface area contributed by atoms with Gasteiger partial charge in [-0.25, -0.2) is 0 Å². The van der Waals surface area contributed by atoms with Gasteiger partial charge < -0.3 is 9.84 Å². The van der Waals surface area contributed by atoms with Gasteiger partial charge in [0, 0.05) is 7.11 Å². The van der Waals surface area contributed by atoms with Gasteiger partial charge in [-0.05, 0) is 19.4 Å². The van der Waals surface area contributed by atoms with E-state index in [-0.39, 0.29) is 17.6 Å². The van der Waals surface area contributed by atoms with Crippen molar-refractivity contribution in [2.45, 2.75) is 19.4 Å². The van der Waals surface area contributed by atoms with Gasteiger partial charge in [0.15, 0.2) is 5.78 Å². The number of ketones is 1. The molecule has 0 spiro atoms. The number of methoxy groups -OCH3 is 1. The third-order valence-corrected chi connectivity index (χ3v) is 1.86. The van der Waals surface area contributed by atoms with E-state index in [1.165, 1.54) is 6.92 Å². The molecule has 0 fully saturated rings. The molecule has 0 aromatic carbocycles. The van der Waals surface area contributed by atoms with Crippen LogP contribution in [-0.2, 0) is 9.53 Å². The van der Waals surface area contributed by atoms with Crippen molar-refractivity contribution in [3.63, 3.8) is 0 Å². The second-order valence-corrected chi connectivity index (χ2v) is 2.74. The van der Waals surface area contributed by atoms with E-state index in [0.717, 1.165) is 0 Å². The number of aliphatic hydroxyl groups is 1. The van der Waals surface area contributed by atoms with E-state index in [9.17, 15) is 9.90 Å². The lowest BCUT2D eigenvalue weighted by molar-refractivity contribution is -0.113. The van der Waals surface area contributed by atoms with Crippen molar-refractivity contribution in [2.75, 3.05) is 7.11 Å². The number of carbonyl (C=O) groups excluding carboxylic acids is 1. The van der Waals surface area contributed by atoms with E-state index in [2.05, 4.69) is 0 Å². The Kier molecular flexibility index (Phi) is 2.65. The van der Waals surface area contributed by atoms with Crippen LogP contribution in [0.1, 0.15) is 13.3 Å². The van der Waals surface area contributed by atoms with Crippen molar-refractivity contribution >= 4 is 5.78 Å². The average Bonchev–Trinajstić information content (AvgIpc) is 2.03. The van der Waals surface area contributed by atoms with Crippen LogP contribution in [0, 0.1) is 0 Å². The zero-order valence-electron chi connectivity index (χ0n) is 7.20. The van der Waals surface area contributed by atoms with Crippen molar-refractivity contribution in [3.05, 3.63) is 23.5 Å². The van der Waals surface area contributed by atoms with Crippen molar-refractivity contribution in [3.8, 4) is 0 Å². The van der Waals surface area contributed by atoms with Gasteiger partial charge in [-0.2, -0.15) is 0 Å². The molecule has 0 heterocycles. The Morgan fingerprint density at radius 3 is 2.83 bits per heavy atom. The molecular weight excluding hydrogens is 156 g/mol. The molecule has 0 amide bonds. The lowest BCUT2D eigenvalue weighted by Crippen LogP contribution is -2.14. The highest BCUT2D eigenvalue weighted by molar-refractivity contribution is 5.97. The third-order valence-electron chi connectivity index (χ3n) is 1.86. The highest BCUT2D eigenvalue weighted by Gasteiger charge is 2.16. The summed E-state index contributed by atoms with van der Waals surface area (Å²) in [6.45, 7) is 1.43. The normalized spacial score (nSPS) is 23.0. The minimum Gasteiger partial charge on any atom is -0.507 e. The maximum atomic E-state index is 10.9. The van der Waals surface area contributed by atoms with Crippen LogP contribution in [0.4, 0.5) is 0 Å². The van der Waals surface area contributed by atoms with Gasteiger partial charge in [0.25, 0.3) is 0 Å². The first-order valence-electron chi connectivity index (χ1n) is 3.80. The molecule has 66 valence electrons. The number of rotatable bonds is 2. The molecule has 0 saturated carbocycles. The Morgan fingerprint density at radius 1 is 1.75 bits per heavy atom. The van der Waals surface area contributed by atoms with E-state index in [1.54, 1.807) is 19.3 Å². The molecule has 0 bridgehead atoms. The number of hydrogen-bond donors (Lipinski definition) is 1. The van der Waals surface area contributed by atoms with Crippen LogP contribution in [0.15, 0.2) is 23.5 Å². The summed E-state index contributed by atoms with van der Waals surface area (Å²) in [5, 5.41) is 9.33. The van der Waals surface area contributed by atoms with Crippen LogP contribution in [0.5, 0.6) is 0 Å². The lowest BCUT2D eigenvalue weighted by atomic mass is 10.0. The molecule has 1 N–H and O–H groups in total. The average molecular weight is 168 g/mol. The largest absolute Gasteiger partial charge is 0.507 e. The summed E-state index contributed by atoms with van der Waals surface area (Å²) in [5.41, 5.74) is 0.392. The van der Waals surface area contributed by atoms with Gasteiger partial charge in [-0.15, -0.1) is 0 Å². The molecule has 1 rings (SSSR count). The Balaban J connectivity index is 2.79. The SMILES string of the molecule is COC1C=C(O)C(C(C)=O)=CC1. The standard InChI is InChI=1S/C9H12O3/c1-6(10)8-4-3-7(12-2)5-9(8)11/h4-5,7,11H,3H2,1-2H3. The summed E-state index contributed by atoms with van der Waals surface area (Å²) in [5.74, 6) is -0.0843. The first-order valence-corrected chi connectivity index (χ1v) is 3.80. The smallest absolute Gasteiger partial charge is 0.163 e. The molecule has 1 unspecified atom stereocenters. The maximum absolute atomic E-state index is 10.9. The molecule has 3 heteroatoms. The molecular formula is C9H12O3. The first kappa shape index (κ1) is 9.00. The van der Waals surface area contributed by atoms with E-state index in [4.69, 9.17) is 4.74 Å². The molecule has 3 nitrogen and oxygen atoms in total. The van der Waals surface area contributed by atoms with Gasteiger partial charge >= 0.3 is 0 Å². The summed E-state index contributed by atoms with van der Waals surface area (Å²) in [6.07, 6.45) is 3.80. The van der Waals surface area contributed by atoms with Crippen molar-refractivity contribution < 1.29 is 14.6 Å². The van der Waals surface area contributed by atoms with Crippen molar-refractivity contribution in [2.24, 2.45) is 0 Å². The second-order valence-electron chi connectivity index (χ2n) is 2.74. The van der Waals surface area contributed by atoms with Gasteiger partial charge in [0.05, 0.1) is 11.7 Å². The Hall–Kier alpha value is -1.09. The fraction of sp³-hybridized carbons (Fsp3) is 0.444. The molecule has 0 saturated heterocycles. The van der Waals surface area contributed by atoms with E-state index in [0.29, 0.717) is 12.0 Å². The van der Waals surface area contributed by atoms with Gasteiger partial charge in [-0.1, -0.05) is 6.08 Å².